The van der Waals surface area contributed by atoms with Crippen LogP contribution in [0.1, 0.15) is 21.5 Å². The van der Waals surface area contributed by atoms with Gasteiger partial charge in [-0.1, -0.05) is 24.3 Å². The third kappa shape index (κ3) is 2.63. The van der Waals surface area contributed by atoms with Crippen molar-refractivity contribution in [2.45, 2.75) is 18.9 Å². The predicted molar refractivity (Wildman–Crippen MR) is 71.4 cm³/mol. The highest BCUT2D eigenvalue weighted by Gasteiger charge is 2.24. The highest BCUT2D eigenvalue weighted by Crippen LogP contribution is 2.22. The molecule has 0 aliphatic heterocycles. The van der Waals surface area contributed by atoms with Crippen LogP contribution in [0.25, 0.3) is 0 Å². The van der Waals surface area contributed by atoms with Crippen molar-refractivity contribution in [2.75, 3.05) is 0 Å². The van der Waals surface area contributed by atoms with Gasteiger partial charge in [0.25, 0.3) is 5.91 Å². The van der Waals surface area contributed by atoms with Gasteiger partial charge in [-0.15, -0.1) is 0 Å². The number of carbonyl (C=O) groups is 1. The zero-order valence-electron chi connectivity index (χ0n) is 11.0. The zero-order valence-corrected chi connectivity index (χ0v) is 11.0. The maximum Gasteiger partial charge on any atom is 0.254 e. The van der Waals surface area contributed by atoms with Gasteiger partial charge in [-0.3, -0.25) is 4.79 Å². The molecule has 0 atom stereocenters. The van der Waals surface area contributed by atoms with Crippen molar-refractivity contribution in [3.05, 3.63) is 70.5 Å². The Balaban J connectivity index is 1.75. The summed E-state index contributed by atoms with van der Waals surface area (Å²) in [4.78, 5) is 12.0. The maximum absolute atomic E-state index is 13.6. The number of rotatable bonds is 2. The van der Waals surface area contributed by atoms with Gasteiger partial charge in [-0.05, 0) is 30.0 Å². The second kappa shape index (κ2) is 5.24. The molecular formula is C16H12F3NO. The molecule has 2 aromatic carbocycles. The fraction of sp³-hybridized carbons (Fsp3) is 0.188. The molecule has 21 heavy (non-hydrogen) atoms. The largest absolute Gasteiger partial charge is 0.349 e. The van der Waals surface area contributed by atoms with Crippen LogP contribution < -0.4 is 5.32 Å². The average molecular weight is 291 g/mol. The zero-order chi connectivity index (χ0) is 15.0. The number of benzene rings is 2. The summed E-state index contributed by atoms with van der Waals surface area (Å²) in [5, 5.41) is 2.66. The molecule has 0 fully saturated rings. The van der Waals surface area contributed by atoms with Crippen LogP contribution >= 0.6 is 0 Å². The summed E-state index contributed by atoms with van der Waals surface area (Å²) in [7, 11) is 0. The van der Waals surface area contributed by atoms with Crippen LogP contribution in [-0.4, -0.2) is 11.9 Å². The minimum Gasteiger partial charge on any atom is -0.349 e. The van der Waals surface area contributed by atoms with Crippen LogP contribution in [0.4, 0.5) is 13.2 Å². The molecule has 0 heterocycles. The van der Waals surface area contributed by atoms with Gasteiger partial charge in [0.1, 0.15) is 5.82 Å². The van der Waals surface area contributed by atoms with Crippen LogP contribution in [0, 0.1) is 17.5 Å². The molecule has 1 aliphatic rings. The van der Waals surface area contributed by atoms with Crippen LogP contribution in [0.3, 0.4) is 0 Å². The van der Waals surface area contributed by atoms with Crippen LogP contribution in [-0.2, 0) is 12.8 Å². The summed E-state index contributed by atoms with van der Waals surface area (Å²) in [5.74, 6) is -4.35. The number of nitrogens with one attached hydrogen (secondary N) is 1. The van der Waals surface area contributed by atoms with E-state index in [9.17, 15) is 18.0 Å². The van der Waals surface area contributed by atoms with E-state index < -0.39 is 28.9 Å². The van der Waals surface area contributed by atoms with Crippen molar-refractivity contribution >= 4 is 5.91 Å². The molecule has 0 saturated carbocycles. The molecule has 108 valence electrons. The monoisotopic (exact) mass is 291 g/mol. The Hall–Kier alpha value is -2.30. The van der Waals surface area contributed by atoms with Gasteiger partial charge in [0.05, 0.1) is 5.56 Å². The van der Waals surface area contributed by atoms with Gasteiger partial charge in [-0.25, -0.2) is 13.2 Å². The lowest BCUT2D eigenvalue weighted by Gasteiger charge is -2.12. The molecule has 1 N–H and O–H groups in total. The summed E-state index contributed by atoms with van der Waals surface area (Å²) >= 11 is 0. The third-order valence-corrected chi connectivity index (χ3v) is 3.64. The number of carbonyl (C=O) groups excluding carboxylic acids is 1. The topological polar surface area (TPSA) is 29.1 Å². The molecule has 0 saturated heterocycles. The number of fused-ring (bicyclic) bond motifs is 1. The number of amides is 1. The highest BCUT2D eigenvalue weighted by atomic mass is 19.2. The fourth-order valence-corrected chi connectivity index (χ4v) is 2.62. The molecular weight excluding hydrogens is 279 g/mol. The highest BCUT2D eigenvalue weighted by molar-refractivity contribution is 5.94. The van der Waals surface area contributed by atoms with Crippen molar-refractivity contribution in [1.82, 2.24) is 5.32 Å². The minimum absolute atomic E-state index is 0.164. The molecule has 0 radical (unpaired) electrons. The Bertz CT molecular complexity index is 690. The van der Waals surface area contributed by atoms with E-state index in [1.807, 2.05) is 24.3 Å². The van der Waals surface area contributed by atoms with E-state index in [4.69, 9.17) is 0 Å². The van der Waals surface area contributed by atoms with E-state index in [1.165, 1.54) is 0 Å². The predicted octanol–water partition coefficient (Wildman–Crippen LogP) is 3.00. The second-order valence-electron chi connectivity index (χ2n) is 5.09. The third-order valence-electron chi connectivity index (χ3n) is 3.64. The first-order valence-corrected chi connectivity index (χ1v) is 6.57. The van der Waals surface area contributed by atoms with Crippen molar-refractivity contribution < 1.29 is 18.0 Å². The van der Waals surface area contributed by atoms with E-state index in [1.54, 1.807) is 0 Å². The van der Waals surface area contributed by atoms with Crippen molar-refractivity contribution in [2.24, 2.45) is 0 Å². The molecule has 0 unspecified atom stereocenters. The molecule has 2 aromatic rings. The van der Waals surface area contributed by atoms with E-state index in [-0.39, 0.29) is 6.04 Å². The SMILES string of the molecule is O=C(NC1Cc2ccccc2C1)c1cc(F)c(F)cc1F. The smallest absolute Gasteiger partial charge is 0.254 e. The van der Waals surface area contributed by atoms with E-state index >= 15 is 0 Å². The fourth-order valence-electron chi connectivity index (χ4n) is 2.62. The summed E-state index contributed by atoms with van der Waals surface area (Å²) in [6.45, 7) is 0. The first kappa shape index (κ1) is 13.7. The van der Waals surface area contributed by atoms with Gasteiger partial charge in [0.15, 0.2) is 11.6 Å². The normalized spacial score (nSPS) is 14.0. The first-order valence-electron chi connectivity index (χ1n) is 6.57. The van der Waals surface area contributed by atoms with E-state index in [2.05, 4.69) is 5.32 Å². The summed E-state index contributed by atoms with van der Waals surface area (Å²) in [5.41, 5.74) is 1.78. The molecule has 0 spiro atoms. The Morgan fingerprint density at radius 2 is 1.52 bits per heavy atom. The molecule has 0 bridgehead atoms. The Kier molecular flexibility index (Phi) is 3.41. The standard InChI is InChI=1S/C16H12F3NO/c17-13-8-15(19)14(18)7-12(13)16(21)20-11-5-9-3-1-2-4-10(9)6-11/h1-4,7-8,11H,5-6H2,(H,20,21). The summed E-state index contributed by atoms with van der Waals surface area (Å²) in [6.07, 6.45) is 1.29. The molecule has 2 nitrogen and oxygen atoms in total. The van der Waals surface area contributed by atoms with Crippen molar-refractivity contribution in [3.8, 4) is 0 Å². The first-order chi connectivity index (χ1) is 10.0. The minimum atomic E-state index is -1.31. The molecule has 5 heteroatoms. The molecule has 1 amide bonds. The number of hydrogen-bond acceptors (Lipinski definition) is 1. The average Bonchev–Trinajstić information content (AvgIpc) is 2.84. The number of halogens is 3. The molecule has 1 aliphatic carbocycles. The second-order valence-corrected chi connectivity index (χ2v) is 5.09. The van der Waals surface area contributed by atoms with Crippen molar-refractivity contribution in [1.29, 1.82) is 0 Å². The van der Waals surface area contributed by atoms with Gasteiger partial charge < -0.3 is 5.32 Å². The van der Waals surface area contributed by atoms with E-state index in [0.717, 1.165) is 11.1 Å². The van der Waals surface area contributed by atoms with Crippen LogP contribution in [0.2, 0.25) is 0 Å². The Morgan fingerprint density at radius 1 is 0.952 bits per heavy atom. The van der Waals surface area contributed by atoms with Crippen molar-refractivity contribution in [3.63, 3.8) is 0 Å². The lowest BCUT2D eigenvalue weighted by molar-refractivity contribution is 0.0934. The van der Waals surface area contributed by atoms with Crippen LogP contribution in [0.5, 0.6) is 0 Å². The van der Waals surface area contributed by atoms with Gasteiger partial charge in [-0.2, -0.15) is 0 Å². The van der Waals surface area contributed by atoms with E-state index in [0.29, 0.717) is 25.0 Å². The number of hydrogen-bond donors (Lipinski definition) is 1. The van der Waals surface area contributed by atoms with Gasteiger partial charge in [0, 0.05) is 12.1 Å². The maximum atomic E-state index is 13.6. The molecule has 3 rings (SSSR count). The Morgan fingerprint density at radius 3 is 2.14 bits per heavy atom. The lowest BCUT2D eigenvalue weighted by atomic mass is 10.1. The van der Waals surface area contributed by atoms with Gasteiger partial charge >= 0.3 is 0 Å². The van der Waals surface area contributed by atoms with Gasteiger partial charge in [0.2, 0.25) is 0 Å². The van der Waals surface area contributed by atoms with Crippen LogP contribution in [0.15, 0.2) is 36.4 Å². The lowest BCUT2D eigenvalue weighted by Crippen LogP contribution is -2.35. The summed E-state index contributed by atoms with van der Waals surface area (Å²) < 4.78 is 39.5. The summed E-state index contributed by atoms with van der Waals surface area (Å²) in [6, 6.07) is 8.58. The quantitative estimate of drug-likeness (QED) is 0.847. The molecule has 0 aromatic heterocycles. The Labute approximate surface area is 119 Å².